The Hall–Kier alpha value is -1.46. The van der Waals surface area contributed by atoms with Crippen LogP contribution in [0.5, 0.6) is 0 Å². The normalized spacial score (nSPS) is 19.2. The molecule has 1 amide bonds. The Morgan fingerprint density at radius 1 is 1.50 bits per heavy atom. The van der Waals surface area contributed by atoms with Crippen molar-refractivity contribution in [3.63, 3.8) is 0 Å². The topological polar surface area (TPSA) is 77.2 Å². The van der Waals surface area contributed by atoms with E-state index in [1.165, 1.54) is 0 Å². The first-order valence-electron chi connectivity index (χ1n) is 5.36. The molecule has 1 aromatic rings. The standard InChI is InChI=1S/C11H13N3O2/c12-11(15)8-1-6-2-13-3-9(6)14-10(8)7-4-16-5-7/h1,7,13H,2-5H2,(H2,12,15). The smallest absolute Gasteiger partial charge is 0.250 e. The molecule has 0 radical (unpaired) electrons. The van der Waals surface area contributed by atoms with E-state index in [2.05, 4.69) is 10.3 Å². The highest BCUT2D eigenvalue weighted by Crippen LogP contribution is 2.28. The number of fused-ring (bicyclic) bond motifs is 1. The second-order valence-corrected chi connectivity index (χ2v) is 4.23. The van der Waals surface area contributed by atoms with Gasteiger partial charge in [0.1, 0.15) is 0 Å². The number of carbonyl (C=O) groups excluding carboxylic acids is 1. The quantitative estimate of drug-likeness (QED) is 0.728. The molecule has 0 atom stereocenters. The Kier molecular flexibility index (Phi) is 2.15. The van der Waals surface area contributed by atoms with Crippen LogP contribution >= 0.6 is 0 Å². The number of ether oxygens (including phenoxy) is 1. The zero-order valence-electron chi connectivity index (χ0n) is 8.82. The second-order valence-electron chi connectivity index (χ2n) is 4.23. The summed E-state index contributed by atoms with van der Waals surface area (Å²) < 4.78 is 5.14. The molecule has 5 heteroatoms. The van der Waals surface area contributed by atoms with Crippen LogP contribution in [0.25, 0.3) is 0 Å². The van der Waals surface area contributed by atoms with Crippen molar-refractivity contribution in [2.45, 2.75) is 19.0 Å². The lowest BCUT2D eigenvalue weighted by atomic mass is 9.96. The van der Waals surface area contributed by atoms with Gasteiger partial charge in [-0.2, -0.15) is 0 Å². The summed E-state index contributed by atoms with van der Waals surface area (Å²) in [4.78, 5) is 15.9. The highest BCUT2D eigenvalue weighted by molar-refractivity contribution is 5.94. The number of nitrogens with zero attached hydrogens (tertiary/aromatic N) is 1. The van der Waals surface area contributed by atoms with Crippen molar-refractivity contribution in [1.29, 1.82) is 0 Å². The Labute approximate surface area is 93.0 Å². The summed E-state index contributed by atoms with van der Waals surface area (Å²) in [6.07, 6.45) is 0. The van der Waals surface area contributed by atoms with Gasteiger partial charge in [-0.15, -0.1) is 0 Å². The first-order valence-corrected chi connectivity index (χ1v) is 5.36. The number of hydrogen-bond acceptors (Lipinski definition) is 4. The monoisotopic (exact) mass is 219 g/mol. The average molecular weight is 219 g/mol. The van der Waals surface area contributed by atoms with Crippen molar-refractivity contribution in [3.05, 3.63) is 28.6 Å². The van der Waals surface area contributed by atoms with Crippen LogP contribution in [-0.2, 0) is 17.8 Å². The van der Waals surface area contributed by atoms with Crippen LogP contribution < -0.4 is 11.1 Å². The number of carbonyl (C=O) groups is 1. The summed E-state index contributed by atoms with van der Waals surface area (Å²) in [5.41, 5.74) is 8.86. The van der Waals surface area contributed by atoms with Gasteiger partial charge in [0.2, 0.25) is 0 Å². The van der Waals surface area contributed by atoms with Gasteiger partial charge in [0.05, 0.1) is 30.2 Å². The van der Waals surface area contributed by atoms with E-state index in [0.29, 0.717) is 18.8 Å². The number of nitrogens with one attached hydrogen (secondary N) is 1. The number of pyridine rings is 1. The molecule has 16 heavy (non-hydrogen) atoms. The van der Waals surface area contributed by atoms with Gasteiger partial charge in [0, 0.05) is 19.0 Å². The van der Waals surface area contributed by atoms with Crippen molar-refractivity contribution in [2.75, 3.05) is 13.2 Å². The Morgan fingerprint density at radius 3 is 2.94 bits per heavy atom. The van der Waals surface area contributed by atoms with E-state index < -0.39 is 5.91 Å². The third-order valence-electron chi connectivity index (χ3n) is 3.12. The van der Waals surface area contributed by atoms with Crippen LogP contribution in [0, 0.1) is 0 Å². The summed E-state index contributed by atoms with van der Waals surface area (Å²) in [6.45, 7) is 2.82. The molecular formula is C11H13N3O2. The number of aromatic nitrogens is 1. The summed E-state index contributed by atoms with van der Waals surface area (Å²) in [6, 6.07) is 1.87. The fourth-order valence-electron chi connectivity index (χ4n) is 2.13. The molecule has 0 unspecified atom stereocenters. The molecule has 2 aliphatic rings. The van der Waals surface area contributed by atoms with E-state index in [1.54, 1.807) is 0 Å². The van der Waals surface area contributed by atoms with Gasteiger partial charge in [-0.25, -0.2) is 0 Å². The highest BCUT2D eigenvalue weighted by atomic mass is 16.5. The molecule has 0 saturated carbocycles. The fourth-order valence-corrected chi connectivity index (χ4v) is 2.13. The molecule has 5 nitrogen and oxygen atoms in total. The molecule has 3 N–H and O–H groups in total. The van der Waals surface area contributed by atoms with Gasteiger partial charge in [-0.3, -0.25) is 9.78 Å². The molecule has 2 aliphatic heterocycles. The lowest BCUT2D eigenvalue weighted by Crippen LogP contribution is -2.29. The summed E-state index contributed by atoms with van der Waals surface area (Å²) in [5, 5.41) is 3.21. The molecule has 3 heterocycles. The first kappa shape index (κ1) is 9.74. The third-order valence-corrected chi connectivity index (χ3v) is 3.12. The molecule has 1 fully saturated rings. The number of amides is 1. The Bertz CT molecular complexity index is 455. The number of rotatable bonds is 2. The zero-order valence-corrected chi connectivity index (χ0v) is 8.82. The SMILES string of the molecule is NC(=O)c1cc2c(nc1C1COC1)CNC2. The molecule has 0 spiro atoms. The van der Waals surface area contributed by atoms with Gasteiger partial charge in [-0.1, -0.05) is 0 Å². The van der Waals surface area contributed by atoms with Gasteiger partial charge in [0.15, 0.2) is 0 Å². The lowest BCUT2D eigenvalue weighted by Gasteiger charge is -2.27. The van der Waals surface area contributed by atoms with Crippen molar-refractivity contribution >= 4 is 5.91 Å². The molecule has 1 aromatic heterocycles. The average Bonchev–Trinajstić information content (AvgIpc) is 2.60. The summed E-state index contributed by atoms with van der Waals surface area (Å²) >= 11 is 0. The summed E-state index contributed by atoms with van der Waals surface area (Å²) in [5.74, 6) is -0.169. The minimum atomic E-state index is -0.399. The molecule has 1 saturated heterocycles. The van der Waals surface area contributed by atoms with E-state index in [-0.39, 0.29) is 5.92 Å². The first-order chi connectivity index (χ1) is 7.75. The maximum absolute atomic E-state index is 11.4. The predicted octanol–water partition coefficient (Wildman–Crippen LogP) is -0.103. The Morgan fingerprint density at radius 2 is 2.31 bits per heavy atom. The van der Waals surface area contributed by atoms with E-state index in [0.717, 1.165) is 30.0 Å². The van der Waals surface area contributed by atoms with E-state index in [4.69, 9.17) is 10.5 Å². The van der Waals surface area contributed by atoms with Crippen LogP contribution in [0.2, 0.25) is 0 Å². The summed E-state index contributed by atoms with van der Waals surface area (Å²) in [7, 11) is 0. The number of primary amides is 1. The van der Waals surface area contributed by atoms with Crippen molar-refractivity contribution in [3.8, 4) is 0 Å². The van der Waals surface area contributed by atoms with Crippen molar-refractivity contribution in [1.82, 2.24) is 10.3 Å². The molecule has 0 aromatic carbocycles. The molecule has 3 rings (SSSR count). The van der Waals surface area contributed by atoms with Gasteiger partial charge in [-0.05, 0) is 11.6 Å². The third kappa shape index (κ3) is 1.40. The van der Waals surface area contributed by atoms with Crippen LogP contribution in [0.15, 0.2) is 6.07 Å². The van der Waals surface area contributed by atoms with Crippen molar-refractivity contribution < 1.29 is 9.53 Å². The van der Waals surface area contributed by atoms with Gasteiger partial charge in [0.25, 0.3) is 5.91 Å². The maximum Gasteiger partial charge on any atom is 0.250 e. The van der Waals surface area contributed by atoms with E-state index in [9.17, 15) is 4.79 Å². The second kappa shape index (κ2) is 3.54. The van der Waals surface area contributed by atoms with Crippen LogP contribution in [0.3, 0.4) is 0 Å². The molecular weight excluding hydrogens is 206 g/mol. The lowest BCUT2D eigenvalue weighted by molar-refractivity contribution is 0.00635. The molecule has 84 valence electrons. The molecule has 0 aliphatic carbocycles. The number of hydrogen-bond donors (Lipinski definition) is 2. The maximum atomic E-state index is 11.4. The van der Waals surface area contributed by atoms with Crippen LogP contribution in [-0.4, -0.2) is 24.1 Å². The van der Waals surface area contributed by atoms with Crippen LogP contribution in [0.1, 0.15) is 33.2 Å². The van der Waals surface area contributed by atoms with E-state index >= 15 is 0 Å². The van der Waals surface area contributed by atoms with E-state index in [1.807, 2.05) is 6.07 Å². The minimum absolute atomic E-state index is 0.230. The minimum Gasteiger partial charge on any atom is -0.380 e. The highest BCUT2D eigenvalue weighted by Gasteiger charge is 2.28. The Balaban J connectivity index is 2.09. The van der Waals surface area contributed by atoms with Crippen molar-refractivity contribution in [2.24, 2.45) is 5.73 Å². The zero-order chi connectivity index (χ0) is 11.1. The van der Waals surface area contributed by atoms with Gasteiger partial charge >= 0.3 is 0 Å². The molecule has 0 bridgehead atoms. The fraction of sp³-hybridized carbons (Fsp3) is 0.455. The number of nitrogens with two attached hydrogens (primary N) is 1. The largest absolute Gasteiger partial charge is 0.380 e. The van der Waals surface area contributed by atoms with Gasteiger partial charge < -0.3 is 15.8 Å². The van der Waals surface area contributed by atoms with Crippen LogP contribution in [0.4, 0.5) is 0 Å². The predicted molar refractivity (Wildman–Crippen MR) is 56.9 cm³/mol.